The first-order valence-electron chi connectivity index (χ1n) is 5.17. The van der Waals surface area contributed by atoms with Crippen LogP contribution in [0, 0.1) is 12.3 Å². The molecule has 0 unspecified atom stereocenters. The fraction of sp³-hybridized carbons (Fsp3) is 0.636. The van der Waals surface area contributed by atoms with Gasteiger partial charge >= 0.3 is 6.18 Å². The van der Waals surface area contributed by atoms with Crippen LogP contribution in [0.2, 0.25) is 0 Å². The van der Waals surface area contributed by atoms with Gasteiger partial charge in [-0.3, -0.25) is 4.90 Å². The molecular formula is C11H15F3N2. The van der Waals surface area contributed by atoms with Crippen molar-refractivity contribution in [1.82, 2.24) is 10.2 Å². The molecule has 0 aromatic carbocycles. The Bertz CT molecular complexity index is 289. The molecule has 0 aromatic heterocycles. The molecule has 1 heterocycles. The molecule has 0 aromatic rings. The largest absolute Gasteiger partial charge is 0.412 e. The number of rotatable bonds is 4. The highest BCUT2D eigenvalue weighted by Crippen LogP contribution is 2.29. The first kappa shape index (κ1) is 13.1. The Morgan fingerprint density at radius 1 is 1.50 bits per heavy atom. The number of hydrogen-bond acceptors (Lipinski definition) is 2. The molecule has 0 saturated heterocycles. The highest BCUT2D eigenvalue weighted by molar-refractivity contribution is 5.12. The summed E-state index contributed by atoms with van der Waals surface area (Å²) in [5.74, 6) is 2.44. The van der Waals surface area contributed by atoms with Gasteiger partial charge in [-0.25, -0.2) is 0 Å². The number of nitrogens with one attached hydrogen (secondary N) is 1. The van der Waals surface area contributed by atoms with Gasteiger partial charge in [0, 0.05) is 31.8 Å². The van der Waals surface area contributed by atoms with Gasteiger partial charge in [0.1, 0.15) is 0 Å². The Morgan fingerprint density at radius 2 is 2.25 bits per heavy atom. The van der Waals surface area contributed by atoms with E-state index in [9.17, 15) is 13.2 Å². The predicted molar refractivity (Wildman–Crippen MR) is 56.9 cm³/mol. The average molecular weight is 232 g/mol. The lowest BCUT2D eigenvalue weighted by atomic mass is 10.1. The molecule has 0 spiro atoms. The van der Waals surface area contributed by atoms with Crippen molar-refractivity contribution in [1.29, 1.82) is 0 Å². The van der Waals surface area contributed by atoms with E-state index in [2.05, 4.69) is 11.2 Å². The molecule has 1 rings (SSSR count). The van der Waals surface area contributed by atoms with Crippen LogP contribution in [0.3, 0.4) is 0 Å². The standard InChI is InChI=1S/C11H15F3N2/c1-2-5-15-6-9-16-7-3-10(4-8-16)11(12,13)14/h1,3,15H,4-9H2. The van der Waals surface area contributed by atoms with E-state index in [1.54, 1.807) is 0 Å². The van der Waals surface area contributed by atoms with E-state index in [1.165, 1.54) is 6.08 Å². The third-order valence-electron chi connectivity index (χ3n) is 2.49. The lowest BCUT2D eigenvalue weighted by molar-refractivity contribution is -0.0959. The van der Waals surface area contributed by atoms with Gasteiger partial charge in [0.2, 0.25) is 0 Å². The minimum atomic E-state index is -4.16. The van der Waals surface area contributed by atoms with Gasteiger partial charge < -0.3 is 5.32 Å². The second kappa shape index (κ2) is 5.92. The van der Waals surface area contributed by atoms with E-state index in [4.69, 9.17) is 6.42 Å². The monoisotopic (exact) mass is 232 g/mol. The molecule has 0 amide bonds. The molecule has 90 valence electrons. The van der Waals surface area contributed by atoms with E-state index in [1.807, 2.05) is 4.90 Å². The summed E-state index contributed by atoms with van der Waals surface area (Å²) in [4.78, 5) is 1.97. The summed E-state index contributed by atoms with van der Waals surface area (Å²) in [7, 11) is 0. The summed E-state index contributed by atoms with van der Waals surface area (Å²) in [5.41, 5.74) is -0.402. The normalized spacial score (nSPS) is 18.0. The van der Waals surface area contributed by atoms with Gasteiger partial charge in [-0.2, -0.15) is 13.2 Å². The minimum Gasteiger partial charge on any atom is -0.305 e. The van der Waals surface area contributed by atoms with Gasteiger partial charge in [0.15, 0.2) is 0 Å². The molecule has 0 atom stereocenters. The maximum absolute atomic E-state index is 12.3. The molecule has 16 heavy (non-hydrogen) atoms. The smallest absolute Gasteiger partial charge is 0.305 e. The van der Waals surface area contributed by atoms with Gasteiger partial charge in [-0.05, 0) is 6.42 Å². The number of alkyl halides is 3. The van der Waals surface area contributed by atoms with Crippen LogP contribution in [0.15, 0.2) is 11.6 Å². The maximum Gasteiger partial charge on any atom is 0.412 e. The third-order valence-corrected chi connectivity index (χ3v) is 2.49. The maximum atomic E-state index is 12.3. The molecule has 1 aliphatic heterocycles. The van der Waals surface area contributed by atoms with Crippen LogP contribution in [-0.2, 0) is 0 Å². The zero-order chi connectivity index (χ0) is 12.0. The van der Waals surface area contributed by atoms with Crippen molar-refractivity contribution < 1.29 is 13.2 Å². The Morgan fingerprint density at radius 3 is 2.75 bits per heavy atom. The van der Waals surface area contributed by atoms with Crippen molar-refractivity contribution in [3.8, 4) is 12.3 Å². The Labute approximate surface area is 93.5 Å². The Kier molecular flexibility index (Phi) is 4.84. The highest BCUT2D eigenvalue weighted by atomic mass is 19.4. The summed E-state index contributed by atoms with van der Waals surface area (Å²) in [5, 5.41) is 3.00. The van der Waals surface area contributed by atoms with Crippen molar-refractivity contribution >= 4 is 0 Å². The van der Waals surface area contributed by atoms with Crippen LogP contribution >= 0.6 is 0 Å². The molecular weight excluding hydrogens is 217 g/mol. The number of halogens is 3. The minimum absolute atomic E-state index is 0.0820. The Hall–Kier alpha value is -0.990. The summed E-state index contributed by atoms with van der Waals surface area (Å²) >= 11 is 0. The third kappa shape index (κ3) is 4.25. The van der Waals surface area contributed by atoms with Gasteiger partial charge in [0.05, 0.1) is 6.54 Å². The fourth-order valence-electron chi connectivity index (χ4n) is 1.57. The van der Waals surface area contributed by atoms with E-state index in [0.29, 0.717) is 26.2 Å². The summed E-state index contributed by atoms with van der Waals surface area (Å²) < 4.78 is 36.9. The van der Waals surface area contributed by atoms with E-state index in [0.717, 1.165) is 6.54 Å². The van der Waals surface area contributed by atoms with Crippen LogP contribution in [-0.4, -0.2) is 43.8 Å². The molecule has 2 nitrogen and oxygen atoms in total. The molecule has 1 aliphatic rings. The number of nitrogens with zero attached hydrogens (tertiary/aromatic N) is 1. The number of terminal acetylenes is 1. The second-order valence-electron chi connectivity index (χ2n) is 3.66. The number of hydrogen-bond donors (Lipinski definition) is 1. The van der Waals surface area contributed by atoms with Crippen molar-refractivity contribution in [2.75, 3.05) is 32.7 Å². The second-order valence-corrected chi connectivity index (χ2v) is 3.66. The van der Waals surface area contributed by atoms with Crippen LogP contribution in [0.25, 0.3) is 0 Å². The van der Waals surface area contributed by atoms with Crippen molar-refractivity contribution in [3.05, 3.63) is 11.6 Å². The topological polar surface area (TPSA) is 15.3 Å². The van der Waals surface area contributed by atoms with E-state index < -0.39 is 11.7 Å². The predicted octanol–water partition coefficient (Wildman–Crippen LogP) is 1.40. The SMILES string of the molecule is C#CCNCCN1CC=C(C(F)(F)F)CC1. The van der Waals surface area contributed by atoms with Crippen LogP contribution < -0.4 is 5.32 Å². The lowest BCUT2D eigenvalue weighted by Crippen LogP contribution is -2.36. The van der Waals surface area contributed by atoms with Gasteiger partial charge in [-0.1, -0.05) is 12.0 Å². The molecule has 5 heteroatoms. The van der Waals surface area contributed by atoms with Crippen LogP contribution in [0.4, 0.5) is 13.2 Å². The average Bonchev–Trinajstić information content (AvgIpc) is 2.24. The van der Waals surface area contributed by atoms with Gasteiger partial charge in [0.25, 0.3) is 0 Å². The highest BCUT2D eigenvalue weighted by Gasteiger charge is 2.34. The summed E-state index contributed by atoms with van der Waals surface area (Å²) in [6, 6.07) is 0. The first-order valence-corrected chi connectivity index (χ1v) is 5.17. The van der Waals surface area contributed by atoms with Crippen LogP contribution in [0.1, 0.15) is 6.42 Å². The summed E-state index contributed by atoms with van der Waals surface area (Å²) in [6.45, 7) is 2.76. The molecule has 0 bridgehead atoms. The Balaban J connectivity index is 2.27. The van der Waals surface area contributed by atoms with Crippen molar-refractivity contribution in [2.24, 2.45) is 0 Å². The first-order chi connectivity index (χ1) is 7.54. The van der Waals surface area contributed by atoms with Crippen molar-refractivity contribution in [2.45, 2.75) is 12.6 Å². The van der Waals surface area contributed by atoms with Gasteiger partial charge in [-0.15, -0.1) is 6.42 Å². The fourth-order valence-corrected chi connectivity index (χ4v) is 1.57. The van der Waals surface area contributed by atoms with Crippen LogP contribution in [0.5, 0.6) is 0 Å². The molecule has 0 fully saturated rings. The van der Waals surface area contributed by atoms with Crippen molar-refractivity contribution in [3.63, 3.8) is 0 Å². The molecule has 1 N–H and O–H groups in total. The molecule has 0 saturated carbocycles. The lowest BCUT2D eigenvalue weighted by Gasteiger charge is -2.26. The summed E-state index contributed by atoms with van der Waals surface area (Å²) in [6.07, 6.45) is 2.24. The quantitative estimate of drug-likeness (QED) is 0.448. The van der Waals surface area contributed by atoms with E-state index in [-0.39, 0.29) is 6.42 Å². The van der Waals surface area contributed by atoms with E-state index >= 15 is 0 Å². The molecule has 0 radical (unpaired) electrons. The molecule has 0 aliphatic carbocycles. The zero-order valence-corrected chi connectivity index (χ0v) is 8.98. The zero-order valence-electron chi connectivity index (χ0n) is 8.98.